The maximum Gasteiger partial charge on any atom is 0.387 e. The zero-order valence-electron chi connectivity index (χ0n) is 10.3. The van der Waals surface area contributed by atoms with Gasteiger partial charge in [-0.15, -0.1) is 10.2 Å². The highest BCUT2D eigenvalue weighted by atomic mass is 19.3. The summed E-state index contributed by atoms with van der Waals surface area (Å²) in [4.78, 5) is 0. The second-order valence-corrected chi connectivity index (χ2v) is 3.76. The molecule has 2 aromatic rings. The predicted octanol–water partition coefficient (Wildman–Crippen LogP) is 2.10. The molecule has 7 heteroatoms. The van der Waals surface area contributed by atoms with Crippen molar-refractivity contribution in [3.8, 4) is 17.2 Å². The van der Waals surface area contributed by atoms with Gasteiger partial charge in [0.15, 0.2) is 0 Å². The van der Waals surface area contributed by atoms with Crippen molar-refractivity contribution in [2.24, 2.45) is 0 Å². The summed E-state index contributed by atoms with van der Waals surface area (Å²) in [5.41, 5.74) is 0.657. The topological polar surface area (TPSA) is 60.2 Å². The molecule has 0 spiro atoms. The molecule has 0 aliphatic heterocycles. The molecule has 0 bridgehead atoms. The van der Waals surface area contributed by atoms with Crippen LogP contribution in [0.5, 0.6) is 5.75 Å². The SMILES string of the molecule is CNCCc1nnc(-c2ccc(OC(F)F)cc2)o1. The lowest BCUT2D eigenvalue weighted by Crippen LogP contribution is -2.10. The summed E-state index contributed by atoms with van der Waals surface area (Å²) >= 11 is 0. The summed E-state index contributed by atoms with van der Waals surface area (Å²) in [5, 5.41) is 10.8. The van der Waals surface area contributed by atoms with Gasteiger partial charge in [0.1, 0.15) is 5.75 Å². The van der Waals surface area contributed by atoms with Crippen LogP contribution < -0.4 is 10.1 Å². The molecule has 1 N–H and O–H groups in total. The maximum atomic E-state index is 12.0. The largest absolute Gasteiger partial charge is 0.435 e. The first-order valence-corrected chi connectivity index (χ1v) is 5.71. The number of alkyl halides is 2. The zero-order chi connectivity index (χ0) is 13.7. The zero-order valence-corrected chi connectivity index (χ0v) is 10.3. The molecule has 0 amide bonds. The molecule has 5 nitrogen and oxygen atoms in total. The van der Waals surface area contributed by atoms with E-state index < -0.39 is 6.61 Å². The van der Waals surface area contributed by atoms with Gasteiger partial charge in [-0.05, 0) is 31.3 Å². The minimum atomic E-state index is -2.83. The third-order valence-electron chi connectivity index (χ3n) is 2.38. The average Bonchev–Trinajstić information content (AvgIpc) is 2.85. The summed E-state index contributed by atoms with van der Waals surface area (Å²) in [5.74, 6) is 0.973. The molecule has 0 aliphatic rings. The van der Waals surface area contributed by atoms with E-state index in [0.717, 1.165) is 6.54 Å². The van der Waals surface area contributed by atoms with E-state index in [0.29, 0.717) is 23.8 Å². The molecule has 102 valence electrons. The lowest BCUT2D eigenvalue weighted by Gasteiger charge is -2.03. The molecule has 0 unspecified atom stereocenters. The van der Waals surface area contributed by atoms with Crippen LogP contribution in [0.1, 0.15) is 5.89 Å². The summed E-state index contributed by atoms with van der Waals surface area (Å²) < 4.78 is 33.7. The maximum absolute atomic E-state index is 12.0. The van der Waals surface area contributed by atoms with Gasteiger partial charge in [0.05, 0.1) is 0 Å². The molecule has 1 aromatic heterocycles. The smallest absolute Gasteiger partial charge is 0.387 e. The Morgan fingerprint density at radius 2 is 2.00 bits per heavy atom. The first kappa shape index (κ1) is 13.4. The molecule has 2 rings (SSSR count). The van der Waals surface area contributed by atoms with Gasteiger partial charge in [0.25, 0.3) is 0 Å². The summed E-state index contributed by atoms with van der Waals surface area (Å²) in [6.45, 7) is -2.09. The van der Waals surface area contributed by atoms with Gasteiger partial charge in [-0.2, -0.15) is 8.78 Å². The van der Waals surface area contributed by atoms with Gasteiger partial charge >= 0.3 is 6.61 Å². The quantitative estimate of drug-likeness (QED) is 0.870. The Labute approximate surface area is 108 Å². The number of hydrogen-bond donors (Lipinski definition) is 1. The van der Waals surface area contributed by atoms with Crippen molar-refractivity contribution in [2.45, 2.75) is 13.0 Å². The van der Waals surface area contributed by atoms with E-state index in [2.05, 4.69) is 20.3 Å². The number of hydrogen-bond acceptors (Lipinski definition) is 5. The van der Waals surface area contributed by atoms with E-state index in [-0.39, 0.29) is 5.75 Å². The second-order valence-electron chi connectivity index (χ2n) is 3.76. The van der Waals surface area contributed by atoms with Crippen LogP contribution in [-0.2, 0) is 6.42 Å². The highest BCUT2D eigenvalue weighted by Gasteiger charge is 2.09. The van der Waals surface area contributed by atoms with E-state index in [9.17, 15) is 8.78 Å². The van der Waals surface area contributed by atoms with Crippen LogP contribution in [0.15, 0.2) is 28.7 Å². The van der Waals surface area contributed by atoms with Crippen LogP contribution in [0.4, 0.5) is 8.78 Å². The molecule has 0 fully saturated rings. The Hall–Kier alpha value is -2.02. The van der Waals surface area contributed by atoms with Gasteiger partial charge in [-0.1, -0.05) is 0 Å². The number of nitrogens with one attached hydrogen (secondary N) is 1. The van der Waals surface area contributed by atoms with Crippen molar-refractivity contribution in [1.29, 1.82) is 0 Å². The minimum Gasteiger partial charge on any atom is -0.435 e. The Bertz CT molecular complexity index is 514. The van der Waals surface area contributed by atoms with Gasteiger partial charge in [-0.25, -0.2) is 0 Å². The fourth-order valence-corrected chi connectivity index (χ4v) is 1.48. The summed E-state index contributed by atoms with van der Waals surface area (Å²) in [6.07, 6.45) is 0.635. The molecule has 0 radical (unpaired) electrons. The highest BCUT2D eigenvalue weighted by Crippen LogP contribution is 2.22. The second kappa shape index (κ2) is 6.24. The molecule has 1 heterocycles. The lowest BCUT2D eigenvalue weighted by atomic mass is 10.2. The Morgan fingerprint density at radius 1 is 1.26 bits per heavy atom. The summed E-state index contributed by atoms with van der Waals surface area (Å²) in [7, 11) is 1.83. The number of aromatic nitrogens is 2. The number of rotatable bonds is 6. The van der Waals surface area contributed by atoms with Gasteiger partial charge in [0.2, 0.25) is 11.8 Å². The number of ether oxygens (including phenoxy) is 1. The molecule has 0 saturated heterocycles. The van der Waals surface area contributed by atoms with Crippen molar-refractivity contribution >= 4 is 0 Å². The van der Waals surface area contributed by atoms with Crippen LogP contribution in [-0.4, -0.2) is 30.4 Å². The van der Waals surface area contributed by atoms with Crippen molar-refractivity contribution in [2.75, 3.05) is 13.6 Å². The normalized spacial score (nSPS) is 10.9. The van der Waals surface area contributed by atoms with Crippen molar-refractivity contribution in [3.63, 3.8) is 0 Å². The first-order valence-electron chi connectivity index (χ1n) is 5.71. The van der Waals surface area contributed by atoms with Crippen LogP contribution >= 0.6 is 0 Å². The van der Waals surface area contributed by atoms with E-state index in [4.69, 9.17) is 4.42 Å². The Balaban J connectivity index is 2.07. The van der Waals surface area contributed by atoms with E-state index >= 15 is 0 Å². The number of benzene rings is 1. The van der Waals surface area contributed by atoms with Crippen LogP contribution in [0, 0.1) is 0 Å². The third-order valence-corrected chi connectivity index (χ3v) is 2.38. The molecule has 0 atom stereocenters. The molecule has 0 aliphatic carbocycles. The van der Waals surface area contributed by atoms with Crippen molar-refractivity contribution in [3.05, 3.63) is 30.2 Å². The predicted molar refractivity (Wildman–Crippen MR) is 64.0 cm³/mol. The van der Waals surface area contributed by atoms with E-state index in [1.54, 1.807) is 12.1 Å². The molecule has 19 heavy (non-hydrogen) atoms. The third kappa shape index (κ3) is 3.72. The average molecular weight is 269 g/mol. The number of halogens is 2. The van der Waals surface area contributed by atoms with Crippen LogP contribution in [0.2, 0.25) is 0 Å². The first-order chi connectivity index (χ1) is 9.19. The molecule has 0 saturated carbocycles. The Morgan fingerprint density at radius 3 is 2.63 bits per heavy atom. The monoisotopic (exact) mass is 269 g/mol. The fourth-order valence-electron chi connectivity index (χ4n) is 1.48. The van der Waals surface area contributed by atoms with Gasteiger partial charge in [0, 0.05) is 18.5 Å². The summed E-state index contributed by atoms with van der Waals surface area (Å²) in [6, 6.07) is 6.04. The van der Waals surface area contributed by atoms with Gasteiger partial charge in [-0.3, -0.25) is 0 Å². The fraction of sp³-hybridized carbons (Fsp3) is 0.333. The van der Waals surface area contributed by atoms with E-state index in [1.807, 2.05) is 7.05 Å². The van der Waals surface area contributed by atoms with Gasteiger partial charge < -0.3 is 14.5 Å². The van der Waals surface area contributed by atoms with E-state index in [1.165, 1.54) is 12.1 Å². The number of nitrogens with zero attached hydrogens (tertiary/aromatic N) is 2. The highest BCUT2D eigenvalue weighted by molar-refractivity contribution is 5.53. The minimum absolute atomic E-state index is 0.0914. The van der Waals surface area contributed by atoms with Crippen LogP contribution in [0.25, 0.3) is 11.5 Å². The molecular weight excluding hydrogens is 256 g/mol. The number of likely N-dealkylation sites (N-methyl/N-ethyl adjacent to an activating group) is 1. The van der Waals surface area contributed by atoms with Crippen molar-refractivity contribution in [1.82, 2.24) is 15.5 Å². The Kier molecular flexibility index (Phi) is 4.40. The molecule has 1 aromatic carbocycles. The van der Waals surface area contributed by atoms with Crippen molar-refractivity contribution < 1.29 is 17.9 Å². The lowest BCUT2D eigenvalue weighted by molar-refractivity contribution is -0.0498. The standard InChI is InChI=1S/C12H13F2N3O2/c1-15-7-6-10-16-17-11(19-10)8-2-4-9(5-3-8)18-12(13)14/h2-5,12,15H,6-7H2,1H3. The molecular formula is C12H13F2N3O2. The van der Waals surface area contributed by atoms with Crippen LogP contribution in [0.3, 0.4) is 0 Å².